The second kappa shape index (κ2) is 6.95. The van der Waals surface area contributed by atoms with E-state index in [1.807, 2.05) is 55.5 Å². The van der Waals surface area contributed by atoms with Gasteiger partial charge in [-0.25, -0.2) is 4.98 Å². The predicted molar refractivity (Wildman–Crippen MR) is 96.2 cm³/mol. The van der Waals surface area contributed by atoms with Gasteiger partial charge in [-0.15, -0.1) is 0 Å². The molecule has 0 radical (unpaired) electrons. The number of hydrogen-bond donors (Lipinski definition) is 0. The molecule has 2 aromatic carbocycles. The van der Waals surface area contributed by atoms with Gasteiger partial charge in [0.15, 0.2) is 0 Å². The van der Waals surface area contributed by atoms with E-state index in [0.717, 1.165) is 34.8 Å². The maximum Gasteiger partial charge on any atom is 0.219 e. The first-order chi connectivity index (χ1) is 12.3. The molecule has 3 aromatic rings. The summed E-state index contributed by atoms with van der Waals surface area (Å²) in [6.07, 6.45) is 2.02. The molecule has 4 rings (SSSR count). The van der Waals surface area contributed by atoms with Gasteiger partial charge in [0.05, 0.1) is 6.61 Å². The Morgan fingerprint density at radius 3 is 2.20 bits per heavy atom. The number of pyridine rings is 1. The first kappa shape index (κ1) is 15.7. The molecule has 4 heteroatoms. The Morgan fingerprint density at radius 1 is 0.960 bits per heavy atom. The first-order valence-electron chi connectivity index (χ1n) is 8.32. The minimum Gasteiger partial charge on any atom is -0.491 e. The lowest BCUT2D eigenvalue weighted by molar-refractivity contribution is 0.263. The molecule has 0 spiro atoms. The van der Waals surface area contributed by atoms with Gasteiger partial charge in [-0.2, -0.15) is 0 Å². The molecule has 1 aliphatic rings. The van der Waals surface area contributed by atoms with Gasteiger partial charge in [0.1, 0.15) is 24.2 Å². The Labute approximate surface area is 147 Å². The molecule has 0 saturated carbocycles. The molecule has 1 atom stereocenters. The summed E-state index contributed by atoms with van der Waals surface area (Å²) in [5.74, 6) is 2.24. The van der Waals surface area contributed by atoms with Crippen molar-refractivity contribution >= 4 is 0 Å². The lowest BCUT2D eigenvalue weighted by Gasteiger charge is -2.08. The molecule has 1 aromatic heterocycles. The second-order valence-electron chi connectivity index (χ2n) is 6.09. The van der Waals surface area contributed by atoms with Gasteiger partial charge >= 0.3 is 0 Å². The van der Waals surface area contributed by atoms with Crippen LogP contribution in [0.5, 0.6) is 17.4 Å². The maximum absolute atomic E-state index is 5.79. The molecule has 25 heavy (non-hydrogen) atoms. The Kier molecular flexibility index (Phi) is 4.36. The molecule has 0 aliphatic carbocycles. The molecule has 1 fully saturated rings. The molecule has 0 amide bonds. The predicted octanol–water partition coefficient (Wildman–Crippen LogP) is 4.63. The largest absolute Gasteiger partial charge is 0.491 e. The van der Waals surface area contributed by atoms with Crippen LogP contribution in [-0.2, 0) is 4.74 Å². The van der Waals surface area contributed by atoms with Crippen LogP contribution < -0.4 is 9.47 Å². The summed E-state index contributed by atoms with van der Waals surface area (Å²) in [6, 6.07) is 19.9. The number of aryl methyl sites for hydroxylation is 1. The molecule has 4 nitrogen and oxygen atoms in total. The van der Waals surface area contributed by atoms with Crippen molar-refractivity contribution in [3.63, 3.8) is 0 Å². The monoisotopic (exact) mass is 333 g/mol. The number of epoxide rings is 1. The maximum atomic E-state index is 5.79. The van der Waals surface area contributed by atoms with E-state index >= 15 is 0 Å². The van der Waals surface area contributed by atoms with Gasteiger partial charge in [0, 0.05) is 12.3 Å². The van der Waals surface area contributed by atoms with Crippen molar-refractivity contribution in [3.8, 4) is 28.5 Å². The molecular formula is C21H19NO3. The number of hydrogen-bond acceptors (Lipinski definition) is 4. The molecule has 1 aliphatic heterocycles. The summed E-state index contributed by atoms with van der Waals surface area (Å²) in [4.78, 5) is 4.21. The Hall–Kier alpha value is -2.85. The molecular weight excluding hydrogens is 314 g/mol. The van der Waals surface area contributed by atoms with Crippen LogP contribution in [0.25, 0.3) is 11.1 Å². The second-order valence-corrected chi connectivity index (χ2v) is 6.09. The highest BCUT2D eigenvalue weighted by Gasteiger charge is 2.22. The molecule has 2 heterocycles. The number of nitrogens with zero attached hydrogens (tertiary/aromatic N) is 1. The highest BCUT2D eigenvalue weighted by Crippen LogP contribution is 2.27. The van der Waals surface area contributed by atoms with Gasteiger partial charge in [-0.3, -0.25) is 0 Å². The summed E-state index contributed by atoms with van der Waals surface area (Å²) >= 11 is 0. The van der Waals surface area contributed by atoms with Gasteiger partial charge in [-0.1, -0.05) is 24.3 Å². The molecule has 1 saturated heterocycles. The van der Waals surface area contributed by atoms with E-state index in [9.17, 15) is 0 Å². The van der Waals surface area contributed by atoms with Crippen LogP contribution in [-0.4, -0.2) is 24.3 Å². The van der Waals surface area contributed by atoms with Gasteiger partial charge in [0.2, 0.25) is 5.88 Å². The highest BCUT2D eigenvalue weighted by molar-refractivity contribution is 5.65. The zero-order chi connectivity index (χ0) is 17.1. The molecule has 0 N–H and O–H groups in total. The van der Waals surface area contributed by atoms with E-state index in [0.29, 0.717) is 12.5 Å². The standard InChI is InChI=1S/C21H19NO3/c1-15-10-11-22-21(12-15)25-19-8-4-17(5-9-19)16-2-6-18(7-3-16)23-13-20-14-24-20/h2-12,20H,13-14H2,1H3. The van der Waals surface area contributed by atoms with Crippen LogP contribution in [0.3, 0.4) is 0 Å². The number of ether oxygens (including phenoxy) is 3. The van der Waals surface area contributed by atoms with E-state index in [-0.39, 0.29) is 6.10 Å². The summed E-state index contributed by atoms with van der Waals surface area (Å²) in [6.45, 7) is 3.45. The van der Waals surface area contributed by atoms with Crippen molar-refractivity contribution < 1.29 is 14.2 Å². The van der Waals surface area contributed by atoms with Crippen molar-refractivity contribution in [1.82, 2.24) is 4.98 Å². The van der Waals surface area contributed by atoms with Crippen LogP contribution in [0, 0.1) is 6.92 Å². The van der Waals surface area contributed by atoms with Crippen molar-refractivity contribution in [3.05, 3.63) is 72.4 Å². The van der Waals surface area contributed by atoms with Crippen molar-refractivity contribution in [1.29, 1.82) is 0 Å². The minimum atomic E-state index is 0.273. The third-order valence-electron chi connectivity index (χ3n) is 3.99. The first-order valence-corrected chi connectivity index (χ1v) is 8.32. The number of benzene rings is 2. The Morgan fingerprint density at radius 2 is 1.60 bits per heavy atom. The minimum absolute atomic E-state index is 0.273. The number of rotatable bonds is 6. The summed E-state index contributed by atoms with van der Waals surface area (Å²) in [5.41, 5.74) is 3.38. The quantitative estimate of drug-likeness (QED) is 0.617. The normalized spacial score (nSPS) is 15.6. The SMILES string of the molecule is Cc1ccnc(Oc2ccc(-c3ccc(OCC4CO4)cc3)cc2)c1. The van der Waals surface area contributed by atoms with E-state index in [1.54, 1.807) is 6.20 Å². The van der Waals surface area contributed by atoms with Crippen molar-refractivity contribution in [2.45, 2.75) is 13.0 Å². The summed E-state index contributed by atoms with van der Waals surface area (Å²) < 4.78 is 16.6. The van der Waals surface area contributed by atoms with Crippen LogP contribution in [0.15, 0.2) is 66.9 Å². The Balaban J connectivity index is 1.42. The third kappa shape index (κ3) is 4.17. The fraction of sp³-hybridized carbons (Fsp3) is 0.190. The zero-order valence-electron chi connectivity index (χ0n) is 14.0. The zero-order valence-corrected chi connectivity index (χ0v) is 14.0. The van der Waals surface area contributed by atoms with E-state index in [2.05, 4.69) is 17.1 Å². The van der Waals surface area contributed by atoms with E-state index in [1.165, 1.54) is 0 Å². The topological polar surface area (TPSA) is 43.9 Å². The average Bonchev–Trinajstić information content (AvgIpc) is 3.46. The van der Waals surface area contributed by atoms with Crippen LogP contribution >= 0.6 is 0 Å². The van der Waals surface area contributed by atoms with Gasteiger partial charge < -0.3 is 14.2 Å². The van der Waals surface area contributed by atoms with Crippen molar-refractivity contribution in [2.75, 3.05) is 13.2 Å². The summed E-state index contributed by atoms with van der Waals surface area (Å²) in [5, 5.41) is 0. The average molecular weight is 333 g/mol. The van der Waals surface area contributed by atoms with Gasteiger partial charge in [-0.05, 0) is 53.9 Å². The number of aromatic nitrogens is 1. The van der Waals surface area contributed by atoms with Crippen LogP contribution in [0.4, 0.5) is 0 Å². The summed E-state index contributed by atoms with van der Waals surface area (Å²) in [7, 11) is 0. The lowest BCUT2D eigenvalue weighted by Crippen LogP contribution is -2.03. The fourth-order valence-corrected chi connectivity index (χ4v) is 2.50. The smallest absolute Gasteiger partial charge is 0.219 e. The molecule has 1 unspecified atom stereocenters. The van der Waals surface area contributed by atoms with E-state index < -0.39 is 0 Å². The van der Waals surface area contributed by atoms with Crippen LogP contribution in [0.1, 0.15) is 5.56 Å². The molecule has 0 bridgehead atoms. The highest BCUT2D eigenvalue weighted by atomic mass is 16.6. The van der Waals surface area contributed by atoms with Crippen molar-refractivity contribution in [2.24, 2.45) is 0 Å². The molecule has 126 valence electrons. The Bertz CT molecular complexity index is 840. The van der Waals surface area contributed by atoms with Gasteiger partial charge in [0.25, 0.3) is 0 Å². The lowest BCUT2D eigenvalue weighted by atomic mass is 10.1. The van der Waals surface area contributed by atoms with E-state index in [4.69, 9.17) is 14.2 Å². The third-order valence-corrected chi connectivity index (χ3v) is 3.99. The fourth-order valence-electron chi connectivity index (χ4n) is 2.50. The van der Waals surface area contributed by atoms with Crippen LogP contribution in [0.2, 0.25) is 0 Å².